The van der Waals surface area contributed by atoms with Gasteiger partial charge in [-0.1, -0.05) is 0 Å². The van der Waals surface area contributed by atoms with Crippen LogP contribution in [-0.2, 0) is 4.74 Å². The molecule has 0 unspecified atom stereocenters. The van der Waals surface area contributed by atoms with Crippen LogP contribution in [0.1, 0.15) is 22.8 Å². The lowest BCUT2D eigenvalue weighted by Crippen LogP contribution is -2.23. The molecule has 0 amide bonds. The Morgan fingerprint density at radius 2 is 1.58 bits per heavy atom. The topological polar surface area (TPSA) is 72.1 Å². The normalized spacial score (nSPS) is 10.9. The van der Waals surface area contributed by atoms with E-state index in [-0.39, 0.29) is 23.4 Å². The maximum absolute atomic E-state index is 14.6. The van der Waals surface area contributed by atoms with Crippen molar-refractivity contribution >= 4 is 16.9 Å². The van der Waals surface area contributed by atoms with Crippen LogP contribution in [0.4, 0.5) is 30.7 Å². The summed E-state index contributed by atoms with van der Waals surface area (Å²) in [6, 6.07) is 1.04. The average molecular weight is 444 g/mol. The summed E-state index contributed by atoms with van der Waals surface area (Å²) in [7, 11) is 0. The van der Waals surface area contributed by atoms with Crippen LogP contribution >= 0.6 is 0 Å². The quantitative estimate of drug-likeness (QED) is 0.265. The number of ether oxygens (including phenoxy) is 1. The molecule has 0 aliphatic rings. The zero-order valence-corrected chi connectivity index (χ0v) is 15.1. The minimum atomic E-state index is -2.22. The Labute approximate surface area is 167 Å². The van der Waals surface area contributed by atoms with Crippen molar-refractivity contribution in [2.24, 2.45) is 0 Å². The van der Waals surface area contributed by atoms with Crippen LogP contribution in [0.5, 0.6) is 0 Å². The van der Waals surface area contributed by atoms with Crippen LogP contribution in [0, 0.1) is 52.1 Å². The van der Waals surface area contributed by atoms with Gasteiger partial charge in [-0.3, -0.25) is 4.79 Å². The van der Waals surface area contributed by atoms with Gasteiger partial charge < -0.3 is 9.30 Å². The van der Waals surface area contributed by atoms with E-state index >= 15 is 0 Å². The molecular formula is C19H7F7N2O3. The van der Waals surface area contributed by atoms with Gasteiger partial charge in [-0.2, -0.15) is 5.26 Å². The van der Waals surface area contributed by atoms with E-state index in [1.54, 1.807) is 0 Å². The Morgan fingerprint density at radius 1 is 1.00 bits per heavy atom. The van der Waals surface area contributed by atoms with Crippen LogP contribution in [-0.4, -0.2) is 17.1 Å². The fourth-order valence-electron chi connectivity index (χ4n) is 2.85. The van der Waals surface area contributed by atoms with Gasteiger partial charge in [0.1, 0.15) is 22.9 Å². The maximum Gasteiger partial charge on any atom is 0.343 e. The number of rotatable bonds is 3. The molecule has 0 saturated heterocycles. The molecule has 0 spiro atoms. The smallest absolute Gasteiger partial charge is 0.343 e. The van der Waals surface area contributed by atoms with E-state index in [1.165, 1.54) is 6.92 Å². The summed E-state index contributed by atoms with van der Waals surface area (Å²) >= 11 is 0. The lowest BCUT2D eigenvalue weighted by Gasteiger charge is -2.17. The summed E-state index contributed by atoms with van der Waals surface area (Å²) < 4.78 is 104. The van der Waals surface area contributed by atoms with E-state index in [9.17, 15) is 40.3 Å². The van der Waals surface area contributed by atoms with E-state index in [4.69, 9.17) is 5.26 Å². The number of carbonyl (C=O) groups is 1. The van der Waals surface area contributed by atoms with Crippen molar-refractivity contribution in [1.82, 2.24) is 4.57 Å². The highest BCUT2D eigenvalue weighted by Gasteiger charge is 2.30. The number of halogens is 7. The molecule has 3 rings (SSSR count). The third-order valence-corrected chi connectivity index (χ3v) is 4.21. The highest BCUT2D eigenvalue weighted by atomic mass is 19.2. The van der Waals surface area contributed by atoms with E-state index in [0.717, 1.165) is 6.07 Å². The van der Waals surface area contributed by atoms with Gasteiger partial charge in [0.15, 0.2) is 40.7 Å². The summed E-state index contributed by atoms with van der Waals surface area (Å²) in [5.41, 5.74) is -7.12. The molecule has 2 aromatic carbocycles. The molecule has 31 heavy (non-hydrogen) atoms. The van der Waals surface area contributed by atoms with Gasteiger partial charge in [0.25, 0.3) is 0 Å². The number of pyridine rings is 1. The number of nitriles is 1. The molecule has 0 atom stereocenters. The fourth-order valence-corrected chi connectivity index (χ4v) is 2.85. The van der Waals surface area contributed by atoms with Gasteiger partial charge >= 0.3 is 5.97 Å². The summed E-state index contributed by atoms with van der Waals surface area (Å²) in [4.78, 5) is 24.6. The van der Waals surface area contributed by atoms with Crippen molar-refractivity contribution in [3.05, 3.63) is 74.3 Å². The summed E-state index contributed by atoms with van der Waals surface area (Å²) in [5, 5.41) is 7.60. The first-order chi connectivity index (χ1) is 14.6. The van der Waals surface area contributed by atoms with E-state index in [1.807, 2.05) is 0 Å². The monoisotopic (exact) mass is 444 g/mol. The highest BCUT2D eigenvalue weighted by Crippen LogP contribution is 2.31. The molecule has 0 bridgehead atoms. The second-order valence-corrected chi connectivity index (χ2v) is 5.94. The molecule has 1 aromatic heterocycles. The van der Waals surface area contributed by atoms with Crippen molar-refractivity contribution < 1.29 is 40.3 Å². The Morgan fingerprint density at radius 3 is 2.10 bits per heavy atom. The molecule has 0 radical (unpaired) electrons. The lowest BCUT2D eigenvalue weighted by atomic mass is 10.1. The SMILES string of the molecule is CCOC(=O)c1cn(-c2c(F)c(F)c(C#N)c(F)c2F)c2c(F)c(F)c(F)cc2c1=O. The number of aromatic nitrogens is 1. The summed E-state index contributed by atoms with van der Waals surface area (Å²) in [6.45, 7) is 1.04. The van der Waals surface area contributed by atoms with Crippen molar-refractivity contribution in [3.8, 4) is 11.8 Å². The van der Waals surface area contributed by atoms with Crippen LogP contribution < -0.4 is 5.43 Å². The third-order valence-electron chi connectivity index (χ3n) is 4.21. The Balaban J connectivity index is 2.62. The molecule has 0 saturated carbocycles. The molecule has 0 N–H and O–H groups in total. The predicted octanol–water partition coefficient (Wildman–Crippen LogP) is 4.01. The largest absolute Gasteiger partial charge is 0.462 e. The molecule has 12 heteroatoms. The summed E-state index contributed by atoms with van der Waals surface area (Å²) in [6.07, 6.45) is 0.259. The van der Waals surface area contributed by atoms with Crippen LogP contribution in [0.15, 0.2) is 17.1 Å². The van der Waals surface area contributed by atoms with E-state index < -0.39 is 79.8 Å². The first kappa shape index (κ1) is 21.8. The number of hydrogen-bond donors (Lipinski definition) is 0. The lowest BCUT2D eigenvalue weighted by molar-refractivity contribution is 0.0524. The van der Waals surface area contributed by atoms with Crippen molar-refractivity contribution in [2.75, 3.05) is 6.61 Å². The van der Waals surface area contributed by atoms with Gasteiger partial charge in [-0.15, -0.1) is 0 Å². The van der Waals surface area contributed by atoms with Crippen LogP contribution in [0.3, 0.4) is 0 Å². The minimum Gasteiger partial charge on any atom is -0.462 e. The minimum absolute atomic E-state index is 0.0706. The Bertz CT molecular complexity index is 1350. The maximum atomic E-state index is 14.6. The van der Waals surface area contributed by atoms with Gasteiger partial charge in [0.05, 0.1) is 17.5 Å². The highest BCUT2D eigenvalue weighted by molar-refractivity contribution is 5.94. The van der Waals surface area contributed by atoms with Crippen molar-refractivity contribution in [3.63, 3.8) is 0 Å². The molecule has 1 heterocycles. The molecule has 0 fully saturated rings. The molecule has 0 aliphatic heterocycles. The number of fused-ring (bicyclic) bond motifs is 1. The fraction of sp³-hybridized carbons (Fsp3) is 0.105. The number of carbonyl (C=O) groups excluding carboxylic acids is 1. The van der Waals surface area contributed by atoms with Crippen molar-refractivity contribution in [1.29, 1.82) is 5.26 Å². The second kappa shape index (κ2) is 7.75. The molecule has 5 nitrogen and oxygen atoms in total. The van der Waals surface area contributed by atoms with Crippen LogP contribution in [0.25, 0.3) is 16.6 Å². The predicted molar refractivity (Wildman–Crippen MR) is 89.9 cm³/mol. The first-order valence-corrected chi connectivity index (χ1v) is 8.23. The van der Waals surface area contributed by atoms with E-state index in [0.29, 0.717) is 0 Å². The molecule has 3 aromatic rings. The van der Waals surface area contributed by atoms with Gasteiger partial charge in [-0.25, -0.2) is 35.5 Å². The van der Waals surface area contributed by atoms with E-state index in [2.05, 4.69) is 4.74 Å². The Hall–Kier alpha value is -3.88. The van der Waals surface area contributed by atoms with Gasteiger partial charge in [-0.05, 0) is 13.0 Å². The molecule has 0 aliphatic carbocycles. The zero-order valence-electron chi connectivity index (χ0n) is 15.1. The number of benzene rings is 2. The van der Waals surface area contributed by atoms with Crippen LogP contribution in [0.2, 0.25) is 0 Å². The van der Waals surface area contributed by atoms with Crippen molar-refractivity contribution in [2.45, 2.75) is 6.92 Å². The third kappa shape index (κ3) is 3.18. The number of nitrogens with zero attached hydrogens (tertiary/aromatic N) is 2. The second-order valence-electron chi connectivity index (χ2n) is 5.94. The van der Waals surface area contributed by atoms with Gasteiger partial charge in [0, 0.05) is 6.20 Å². The zero-order chi connectivity index (χ0) is 23.2. The Kier molecular flexibility index (Phi) is 5.45. The van der Waals surface area contributed by atoms with Gasteiger partial charge in [0.2, 0.25) is 5.43 Å². The number of esters is 1. The number of hydrogen-bond acceptors (Lipinski definition) is 4. The first-order valence-electron chi connectivity index (χ1n) is 8.23. The standard InChI is InChI=1S/C19H7F7N2O3/c1-2-31-19(30)8-5-28(16-6(18(8)29)3-9(20)12(23)15(16)26)17-13(24)10(21)7(4-27)11(22)14(17)25/h3,5H,2H2,1H3. The summed E-state index contributed by atoms with van der Waals surface area (Å²) in [5.74, 6) is -16.4. The molecule has 160 valence electrons. The molecular weight excluding hydrogens is 437 g/mol. The average Bonchev–Trinajstić information content (AvgIpc) is 2.73.